The van der Waals surface area contributed by atoms with Crippen molar-refractivity contribution in [2.45, 2.75) is 24.8 Å². The molecule has 1 N–H and O–H groups in total. The molecule has 1 aromatic heterocycles. The molecule has 2 rings (SSSR count). The predicted molar refractivity (Wildman–Crippen MR) is 94.1 cm³/mol. The fraction of sp³-hybridized carbons (Fsp3) is 0.375. The van der Waals surface area contributed by atoms with Gasteiger partial charge in [-0.1, -0.05) is 0 Å². The van der Waals surface area contributed by atoms with Gasteiger partial charge >= 0.3 is 0 Å². The van der Waals surface area contributed by atoms with E-state index in [4.69, 9.17) is 4.74 Å². The Kier molecular flexibility index (Phi) is 5.81. The van der Waals surface area contributed by atoms with Gasteiger partial charge in [0.05, 0.1) is 12.9 Å². The zero-order valence-corrected chi connectivity index (χ0v) is 15.4. The Labute approximate surface area is 147 Å². The average molecular weight is 366 g/mol. The molecule has 1 amide bonds. The Bertz CT molecular complexity index is 832. The zero-order valence-electron chi connectivity index (χ0n) is 14.6. The van der Waals surface area contributed by atoms with Crippen LogP contribution in [-0.2, 0) is 14.8 Å². The first kappa shape index (κ1) is 18.9. The van der Waals surface area contributed by atoms with Crippen LogP contribution in [0.4, 0.5) is 5.69 Å². The van der Waals surface area contributed by atoms with Crippen molar-refractivity contribution < 1.29 is 17.9 Å². The maximum atomic E-state index is 12.5. The van der Waals surface area contributed by atoms with Gasteiger partial charge in [0.2, 0.25) is 15.9 Å². The Morgan fingerprint density at radius 3 is 2.68 bits per heavy atom. The summed E-state index contributed by atoms with van der Waals surface area (Å²) in [6.45, 7) is 3.83. The quantitative estimate of drug-likeness (QED) is 0.805. The third kappa shape index (κ3) is 4.18. The molecule has 0 saturated heterocycles. The molecule has 1 aromatic carbocycles. The van der Waals surface area contributed by atoms with Crippen LogP contribution in [0.1, 0.15) is 19.9 Å². The standard InChI is InChI=1S/C16H22N4O4S/c1-5-24-14-7-6-13(10-15(14)25(22,23)19(3)4)18-16(21)12(2)20-9-8-17-11-20/h6-12H,5H2,1-4H3,(H,18,21)/t12-/m0/s1. The summed E-state index contributed by atoms with van der Waals surface area (Å²) in [4.78, 5) is 16.3. The second-order valence-electron chi connectivity index (χ2n) is 5.56. The monoisotopic (exact) mass is 366 g/mol. The third-order valence-electron chi connectivity index (χ3n) is 3.62. The number of amides is 1. The highest BCUT2D eigenvalue weighted by atomic mass is 32.2. The third-order valence-corrected chi connectivity index (χ3v) is 5.46. The molecule has 1 atom stereocenters. The van der Waals surface area contributed by atoms with E-state index >= 15 is 0 Å². The molecule has 136 valence electrons. The molecule has 0 aliphatic carbocycles. The lowest BCUT2D eigenvalue weighted by Gasteiger charge is -2.18. The van der Waals surface area contributed by atoms with E-state index in [1.54, 1.807) is 43.2 Å². The molecule has 0 fully saturated rings. The molecule has 2 aromatic rings. The summed E-state index contributed by atoms with van der Waals surface area (Å²) in [7, 11) is -0.826. The van der Waals surface area contributed by atoms with Gasteiger partial charge in [-0.25, -0.2) is 17.7 Å². The van der Waals surface area contributed by atoms with E-state index in [1.165, 1.54) is 26.2 Å². The first-order chi connectivity index (χ1) is 11.8. The first-order valence-corrected chi connectivity index (χ1v) is 9.19. The minimum absolute atomic E-state index is 0.00688. The molecule has 0 bridgehead atoms. The van der Waals surface area contributed by atoms with E-state index in [2.05, 4.69) is 10.3 Å². The minimum atomic E-state index is -3.71. The molecular weight excluding hydrogens is 344 g/mol. The number of ether oxygens (including phenoxy) is 1. The van der Waals surface area contributed by atoms with Crippen molar-refractivity contribution in [3.05, 3.63) is 36.9 Å². The average Bonchev–Trinajstić information content (AvgIpc) is 3.09. The lowest BCUT2D eigenvalue weighted by atomic mass is 10.2. The topological polar surface area (TPSA) is 93.5 Å². The molecule has 0 spiro atoms. The first-order valence-electron chi connectivity index (χ1n) is 7.75. The van der Waals surface area contributed by atoms with Gasteiger partial charge in [0.15, 0.2) is 0 Å². The summed E-state index contributed by atoms with van der Waals surface area (Å²) in [5.41, 5.74) is 0.376. The van der Waals surface area contributed by atoms with Crippen LogP contribution < -0.4 is 10.1 Å². The van der Waals surface area contributed by atoms with Crippen LogP contribution in [0.2, 0.25) is 0 Å². The van der Waals surface area contributed by atoms with Gasteiger partial charge in [-0.2, -0.15) is 0 Å². The van der Waals surface area contributed by atoms with Gasteiger partial charge < -0.3 is 14.6 Å². The summed E-state index contributed by atoms with van der Waals surface area (Å²) in [5, 5.41) is 2.72. The molecule has 0 unspecified atom stereocenters. The number of aromatic nitrogens is 2. The number of carbonyl (C=O) groups excluding carboxylic acids is 1. The number of nitrogens with zero attached hydrogens (tertiary/aromatic N) is 3. The fourth-order valence-corrected chi connectivity index (χ4v) is 3.19. The van der Waals surface area contributed by atoms with E-state index in [1.807, 2.05) is 0 Å². The highest BCUT2D eigenvalue weighted by Crippen LogP contribution is 2.29. The van der Waals surface area contributed by atoms with Crippen LogP contribution in [0.25, 0.3) is 0 Å². The molecule has 25 heavy (non-hydrogen) atoms. The van der Waals surface area contributed by atoms with Crippen molar-refractivity contribution in [3.8, 4) is 5.75 Å². The Balaban J connectivity index is 2.32. The maximum Gasteiger partial charge on any atom is 0.247 e. The number of anilines is 1. The second-order valence-corrected chi connectivity index (χ2v) is 7.68. The molecule has 0 aliphatic rings. The Hall–Kier alpha value is -2.39. The van der Waals surface area contributed by atoms with Crippen LogP contribution in [0.15, 0.2) is 41.8 Å². The zero-order chi connectivity index (χ0) is 18.6. The van der Waals surface area contributed by atoms with Crippen LogP contribution in [0.3, 0.4) is 0 Å². The number of benzene rings is 1. The maximum absolute atomic E-state index is 12.5. The molecule has 1 heterocycles. The highest BCUT2D eigenvalue weighted by molar-refractivity contribution is 7.89. The van der Waals surface area contributed by atoms with Gasteiger partial charge in [-0.15, -0.1) is 0 Å². The molecule has 0 aliphatic heterocycles. The van der Waals surface area contributed by atoms with E-state index in [0.717, 1.165) is 4.31 Å². The van der Waals surface area contributed by atoms with Crippen LogP contribution in [0, 0.1) is 0 Å². The molecule has 0 saturated carbocycles. The van der Waals surface area contributed by atoms with Crippen molar-refractivity contribution in [2.24, 2.45) is 0 Å². The van der Waals surface area contributed by atoms with E-state index in [0.29, 0.717) is 12.3 Å². The second kappa shape index (κ2) is 7.66. The van der Waals surface area contributed by atoms with Crippen molar-refractivity contribution in [3.63, 3.8) is 0 Å². The van der Waals surface area contributed by atoms with E-state index < -0.39 is 16.1 Å². The number of hydrogen-bond acceptors (Lipinski definition) is 5. The molecule has 9 heteroatoms. The van der Waals surface area contributed by atoms with Crippen LogP contribution in [0.5, 0.6) is 5.75 Å². The summed E-state index contributed by atoms with van der Waals surface area (Å²) >= 11 is 0. The van der Waals surface area contributed by atoms with Crippen molar-refractivity contribution in [1.82, 2.24) is 13.9 Å². The number of hydrogen-bond donors (Lipinski definition) is 1. The smallest absolute Gasteiger partial charge is 0.247 e. The molecule has 0 radical (unpaired) electrons. The number of imidazole rings is 1. The van der Waals surface area contributed by atoms with Crippen LogP contribution in [-0.4, -0.2) is 48.9 Å². The van der Waals surface area contributed by atoms with Gasteiger partial charge in [-0.05, 0) is 32.0 Å². The summed E-state index contributed by atoms with van der Waals surface area (Å²) < 4.78 is 33.2. The number of nitrogens with one attached hydrogen (secondary N) is 1. The number of sulfonamides is 1. The van der Waals surface area contributed by atoms with Gasteiger partial charge in [0.25, 0.3) is 0 Å². The summed E-state index contributed by atoms with van der Waals surface area (Å²) in [6, 6.07) is 4.07. The van der Waals surface area contributed by atoms with Gasteiger partial charge in [-0.3, -0.25) is 4.79 Å². The molecular formula is C16H22N4O4S. The highest BCUT2D eigenvalue weighted by Gasteiger charge is 2.24. The summed E-state index contributed by atoms with van der Waals surface area (Å²) in [6.07, 6.45) is 4.82. The van der Waals surface area contributed by atoms with E-state index in [9.17, 15) is 13.2 Å². The molecule has 8 nitrogen and oxygen atoms in total. The predicted octanol–water partition coefficient (Wildman–Crippen LogP) is 1.73. The van der Waals surface area contributed by atoms with Crippen LogP contribution >= 0.6 is 0 Å². The Morgan fingerprint density at radius 2 is 2.12 bits per heavy atom. The largest absolute Gasteiger partial charge is 0.492 e. The SMILES string of the molecule is CCOc1ccc(NC(=O)[C@H](C)n2ccnc2)cc1S(=O)(=O)N(C)C. The Morgan fingerprint density at radius 1 is 1.40 bits per heavy atom. The van der Waals surface area contributed by atoms with E-state index in [-0.39, 0.29) is 16.6 Å². The number of rotatable bonds is 7. The normalized spacial score (nSPS) is 12.8. The van der Waals surface area contributed by atoms with Crippen molar-refractivity contribution in [2.75, 3.05) is 26.0 Å². The van der Waals surface area contributed by atoms with Gasteiger partial charge in [0.1, 0.15) is 16.7 Å². The lowest BCUT2D eigenvalue weighted by molar-refractivity contribution is -0.118. The minimum Gasteiger partial charge on any atom is -0.492 e. The van der Waals surface area contributed by atoms with Crippen molar-refractivity contribution in [1.29, 1.82) is 0 Å². The van der Waals surface area contributed by atoms with Crippen molar-refractivity contribution >= 4 is 21.6 Å². The number of carbonyl (C=O) groups is 1. The summed E-state index contributed by atoms with van der Waals surface area (Å²) in [5.74, 6) is -0.0350. The van der Waals surface area contributed by atoms with Gasteiger partial charge in [0, 0.05) is 32.2 Å². The lowest BCUT2D eigenvalue weighted by Crippen LogP contribution is -2.24. The fourth-order valence-electron chi connectivity index (χ4n) is 2.14.